The summed E-state index contributed by atoms with van der Waals surface area (Å²) in [6.45, 7) is -0.351. The van der Waals surface area contributed by atoms with Gasteiger partial charge in [-0.1, -0.05) is 0 Å². The van der Waals surface area contributed by atoms with Crippen molar-refractivity contribution in [1.29, 1.82) is 0 Å². The molecular formula is C17H18FN5O5. The Morgan fingerprint density at radius 2 is 2.00 bits per heavy atom. The number of hydrogen-bond donors (Lipinski definition) is 5. The van der Waals surface area contributed by atoms with Crippen LogP contribution in [0.25, 0.3) is 11.2 Å². The molecule has 0 spiro atoms. The Morgan fingerprint density at radius 1 is 1.18 bits per heavy atom. The molecule has 148 valence electrons. The van der Waals surface area contributed by atoms with Crippen molar-refractivity contribution < 1.29 is 29.6 Å². The average Bonchev–Trinajstić information content (AvgIpc) is 3.24. The molecule has 10 nitrogen and oxygen atoms in total. The molecule has 0 aliphatic carbocycles. The van der Waals surface area contributed by atoms with Crippen LogP contribution in [-0.4, -0.2) is 64.9 Å². The molecule has 0 unspecified atom stereocenters. The number of imidazole rings is 1. The number of fused-ring (bicyclic) bond motifs is 1. The van der Waals surface area contributed by atoms with E-state index in [0.717, 1.165) is 6.07 Å². The summed E-state index contributed by atoms with van der Waals surface area (Å²) >= 11 is 0. The second-order valence-corrected chi connectivity index (χ2v) is 6.40. The summed E-state index contributed by atoms with van der Waals surface area (Å²) in [6, 6.07) is 3.63. The summed E-state index contributed by atoms with van der Waals surface area (Å²) in [4.78, 5) is 12.5. The van der Waals surface area contributed by atoms with Crippen molar-refractivity contribution in [2.45, 2.75) is 31.1 Å². The van der Waals surface area contributed by atoms with Crippen molar-refractivity contribution in [1.82, 2.24) is 19.5 Å². The molecule has 11 heteroatoms. The average molecular weight is 391 g/mol. The van der Waals surface area contributed by atoms with E-state index >= 15 is 0 Å². The van der Waals surface area contributed by atoms with Gasteiger partial charge in [0.25, 0.3) is 0 Å². The number of aliphatic hydroxyl groups is 3. The first-order valence-electron chi connectivity index (χ1n) is 8.51. The topological polar surface area (TPSA) is 146 Å². The highest BCUT2D eigenvalue weighted by atomic mass is 19.1. The van der Waals surface area contributed by atoms with Crippen LogP contribution in [0.3, 0.4) is 0 Å². The summed E-state index contributed by atoms with van der Waals surface area (Å²) in [5.41, 5.74) is 1.03. The monoisotopic (exact) mass is 391 g/mol. The summed E-state index contributed by atoms with van der Waals surface area (Å²) in [7, 11) is 0. The Balaban J connectivity index is 1.61. The fraction of sp³-hybridized carbons (Fsp3) is 0.353. The molecule has 2 aromatic heterocycles. The maximum absolute atomic E-state index is 13.4. The van der Waals surface area contributed by atoms with Crippen LogP contribution in [0, 0.1) is 5.82 Å². The largest absolute Gasteiger partial charge is 0.508 e. The minimum absolute atomic E-state index is 0.0590. The summed E-state index contributed by atoms with van der Waals surface area (Å²) in [5.74, 6) is -0.202. The van der Waals surface area contributed by atoms with Gasteiger partial charge in [-0.05, 0) is 18.2 Å². The molecule has 1 aromatic carbocycles. The summed E-state index contributed by atoms with van der Waals surface area (Å²) in [6.07, 6.45) is -1.77. The first kappa shape index (κ1) is 18.5. The maximum Gasteiger partial charge on any atom is 0.167 e. The van der Waals surface area contributed by atoms with Crippen molar-refractivity contribution in [3.05, 3.63) is 42.2 Å². The number of nitrogens with one attached hydrogen (secondary N) is 1. The molecule has 3 aromatic rings. The van der Waals surface area contributed by atoms with Gasteiger partial charge in [-0.15, -0.1) is 0 Å². The number of aromatic hydroxyl groups is 1. The van der Waals surface area contributed by atoms with Gasteiger partial charge in [-0.25, -0.2) is 19.3 Å². The highest BCUT2D eigenvalue weighted by Crippen LogP contribution is 2.32. The summed E-state index contributed by atoms with van der Waals surface area (Å²) in [5, 5.41) is 42.2. The molecule has 1 aliphatic rings. The van der Waals surface area contributed by atoms with Gasteiger partial charge >= 0.3 is 0 Å². The van der Waals surface area contributed by atoms with Gasteiger partial charge in [0.15, 0.2) is 23.2 Å². The molecular weight excluding hydrogens is 373 g/mol. The van der Waals surface area contributed by atoms with E-state index in [1.807, 2.05) is 0 Å². The second-order valence-electron chi connectivity index (χ2n) is 6.40. The fourth-order valence-corrected chi connectivity index (χ4v) is 3.15. The van der Waals surface area contributed by atoms with Crippen molar-refractivity contribution >= 4 is 17.0 Å². The first-order valence-corrected chi connectivity index (χ1v) is 8.51. The number of phenols is 1. The molecule has 1 fully saturated rings. The van der Waals surface area contributed by atoms with Crippen LogP contribution in [0.4, 0.5) is 10.2 Å². The van der Waals surface area contributed by atoms with Crippen LogP contribution in [0.1, 0.15) is 11.8 Å². The van der Waals surface area contributed by atoms with Crippen molar-refractivity contribution in [3.63, 3.8) is 0 Å². The Kier molecular flexibility index (Phi) is 4.81. The van der Waals surface area contributed by atoms with Gasteiger partial charge < -0.3 is 30.5 Å². The number of nitrogens with zero attached hydrogens (tertiary/aromatic N) is 4. The van der Waals surface area contributed by atoms with Crippen molar-refractivity contribution in [2.75, 3.05) is 11.9 Å². The molecule has 28 heavy (non-hydrogen) atoms. The second kappa shape index (κ2) is 7.28. The lowest BCUT2D eigenvalue weighted by molar-refractivity contribution is -0.0511. The van der Waals surface area contributed by atoms with E-state index in [0.29, 0.717) is 22.5 Å². The smallest absolute Gasteiger partial charge is 0.167 e. The number of halogens is 1. The standard InChI is InChI=1S/C17H18FN5O5/c18-9-1-2-10(25)8(3-9)4-19-15-12-16(21-6-20-15)23(7-22-12)17-14(27)13(26)11(5-24)28-17/h1-3,6-7,11,13-14,17,24-27H,4-5H2,(H,19,20,21)/t11-,13-,14-,17-/m1/s1. The SMILES string of the molecule is OC[C@H]1O[C@@H](n2cnc3c(NCc4cc(F)ccc4O)ncnc32)[C@H](O)[C@@H]1O. The lowest BCUT2D eigenvalue weighted by Crippen LogP contribution is -2.33. The van der Waals surface area contributed by atoms with Crippen LogP contribution in [0.15, 0.2) is 30.9 Å². The minimum atomic E-state index is -1.27. The predicted octanol–water partition coefficient (Wildman–Crippen LogP) is -0.105. The van der Waals surface area contributed by atoms with Gasteiger partial charge in [0.05, 0.1) is 12.9 Å². The highest BCUT2D eigenvalue weighted by Gasteiger charge is 2.44. The van der Waals surface area contributed by atoms with Gasteiger partial charge in [-0.2, -0.15) is 0 Å². The zero-order valence-corrected chi connectivity index (χ0v) is 14.5. The third-order valence-corrected chi connectivity index (χ3v) is 4.64. The number of aliphatic hydroxyl groups excluding tert-OH is 3. The van der Waals surface area contributed by atoms with E-state index in [4.69, 9.17) is 4.74 Å². The zero-order chi connectivity index (χ0) is 19.8. The van der Waals surface area contributed by atoms with Crippen LogP contribution in [0.2, 0.25) is 0 Å². The molecule has 3 heterocycles. The third-order valence-electron chi connectivity index (χ3n) is 4.64. The predicted molar refractivity (Wildman–Crippen MR) is 93.7 cm³/mol. The zero-order valence-electron chi connectivity index (χ0n) is 14.5. The lowest BCUT2D eigenvalue weighted by Gasteiger charge is -2.16. The number of ether oxygens (including phenoxy) is 1. The van der Waals surface area contributed by atoms with Gasteiger partial charge in [0.1, 0.15) is 36.2 Å². The van der Waals surface area contributed by atoms with Crippen molar-refractivity contribution in [3.8, 4) is 5.75 Å². The fourth-order valence-electron chi connectivity index (χ4n) is 3.15. The van der Waals surface area contributed by atoms with Gasteiger partial charge in [-0.3, -0.25) is 4.57 Å². The highest BCUT2D eigenvalue weighted by molar-refractivity contribution is 5.82. The van der Waals surface area contributed by atoms with Gasteiger partial charge in [0, 0.05) is 12.1 Å². The number of rotatable bonds is 5. The number of phenolic OH excluding ortho intramolecular Hbond substituents is 1. The van der Waals surface area contributed by atoms with Crippen molar-refractivity contribution in [2.24, 2.45) is 0 Å². The quantitative estimate of drug-likeness (QED) is 0.402. The summed E-state index contributed by atoms with van der Waals surface area (Å²) < 4.78 is 20.3. The van der Waals surface area contributed by atoms with Gasteiger partial charge in [0.2, 0.25) is 0 Å². The molecule has 4 atom stereocenters. The number of anilines is 1. The Hall–Kier alpha value is -2.86. The molecule has 5 N–H and O–H groups in total. The molecule has 4 rings (SSSR count). The van der Waals surface area contributed by atoms with Crippen LogP contribution < -0.4 is 5.32 Å². The Bertz CT molecular complexity index is 999. The van der Waals surface area contributed by atoms with E-state index < -0.39 is 37.0 Å². The molecule has 0 radical (unpaired) electrons. The normalized spacial score (nSPS) is 24.7. The van der Waals surface area contributed by atoms with E-state index in [1.165, 1.54) is 29.4 Å². The van der Waals surface area contributed by atoms with E-state index in [1.54, 1.807) is 0 Å². The third kappa shape index (κ3) is 3.14. The van der Waals surface area contributed by atoms with E-state index in [2.05, 4.69) is 20.3 Å². The molecule has 1 aliphatic heterocycles. The molecule has 0 saturated carbocycles. The molecule has 0 bridgehead atoms. The van der Waals surface area contributed by atoms with Crippen LogP contribution in [-0.2, 0) is 11.3 Å². The number of hydrogen-bond acceptors (Lipinski definition) is 9. The molecule has 1 saturated heterocycles. The Labute approximate surface area is 157 Å². The Morgan fingerprint density at radius 3 is 2.75 bits per heavy atom. The number of benzene rings is 1. The maximum atomic E-state index is 13.4. The first-order chi connectivity index (χ1) is 13.5. The lowest BCUT2D eigenvalue weighted by atomic mass is 10.1. The van der Waals surface area contributed by atoms with E-state index in [-0.39, 0.29) is 12.3 Å². The van der Waals surface area contributed by atoms with Crippen LogP contribution >= 0.6 is 0 Å². The minimum Gasteiger partial charge on any atom is -0.508 e. The molecule has 0 amide bonds. The van der Waals surface area contributed by atoms with E-state index in [9.17, 15) is 24.8 Å². The number of aromatic nitrogens is 4. The van der Waals surface area contributed by atoms with Crippen LogP contribution in [0.5, 0.6) is 5.75 Å².